The van der Waals surface area contributed by atoms with Gasteiger partial charge >= 0.3 is 0 Å². The summed E-state index contributed by atoms with van der Waals surface area (Å²) in [6.07, 6.45) is 9.80. The van der Waals surface area contributed by atoms with Gasteiger partial charge in [0.05, 0.1) is 6.07 Å². The van der Waals surface area contributed by atoms with Crippen molar-refractivity contribution in [3.8, 4) is 6.07 Å². The smallest absolute Gasteiger partial charge is 0.0627 e. The number of nitrogens with zero attached hydrogens (tertiary/aromatic N) is 3. The van der Waals surface area contributed by atoms with Crippen molar-refractivity contribution in [2.75, 3.05) is 19.6 Å². The molecule has 0 N–H and O–H groups in total. The number of allylic oxidation sites excluding steroid dienone is 3. The number of rotatable bonds is 8. The van der Waals surface area contributed by atoms with Crippen LogP contribution in [0.2, 0.25) is 0 Å². The SMILES string of the molecule is C=CN=CC(=C)C(=C)/C=C\C(=C)CN1CCC(C)(CC#N)CC1. The highest BCUT2D eigenvalue weighted by atomic mass is 15.1. The summed E-state index contributed by atoms with van der Waals surface area (Å²) in [4.78, 5) is 6.32. The first-order valence-corrected chi connectivity index (χ1v) is 7.87. The van der Waals surface area contributed by atoms with Gasteiger partial charge in [-0.3, -0.25) is 9.89 Å². The van der Waals surface area contributed by atoms with Crippen molar-refractivity contribution in [2.45, 2.75) is 26.2 Å². The molecule has 3 nitrogen and oxygen atoms in total. The molecule has 0 aromatic rings. The number of nitriles is 1. The lowest BCUT2D eigenvalue weighted by Gasteiger charge is -2.38. The molecule has 0 aromatic heterocycles. The van der Waals surface area contributed by atoms with Gasteiger partial charge in [0.2, 0.25) is 0 Å². The van der Waals surface area contributed by atoms with Crippen molar-refractivity contribution in [1.82, 2.24) is 4.90 Å². The summed E-state index contributed by atoms with van der Waals surface area (Å²) in [6, 6.07) is 2.31. The fourth-order valence-corrected chi connectivity index (χ4v) is 2.51. The van der Waals surface area contributed by atoms with Crippen molar-refractivity contribution in [2.24, 2.45) is 10.4 Å². The van der Waals surface area contributed by atoms with E-state index in [1.807, 2.05) is 12.2 Å². The van der Waals surface area contributed by atoms with Crippen LogP contribution in [0.5, 0.6) is 0 Å². The van der Waals surface area contributed by atoms with E-state index >= 15 is 0 Å². The summed E-state index contributed by atoms with van der Waals surface area (Å²) < 4.78 is 0. The molecule has 1 rings (SSSR count). The average Bonchev–Trinajstić information content (AvgIpc) is 2.52. The Morgan fingerprint density at radius 1 is 1.22 bits per heavy atom. The van der Waals surface area contributed by atoms with Crippen molar-refractivity contribution in [3.05, 3.63) is 61.4 Å². The van der Waals surface area contributed by atoms with Gasteiger partial charge in [0.1, 0.15) is 0 Å². The molecule has 3 heteroatoms. The third kappa shape index (κ3) is 6.63. The topological polar surface area (TPSA) is 39.4 Å². The molecule has 0 aromatic carbocycles. The number of piperidine rings is 1. The van der Waals surface area contributed by atoms with Gasteiger partial charge in [-0.15, -0.1) is 0 Å². The summed E-state index contributed by atoms with van der Waals surface area (Å²) in [5, 5.41) is 8.90. The van der Waals surface area contributed by atoms with Gasteiger partial charge in [0, 0.05) is 25.4 Å². The third-order valence-corrected chi connectivity index (χ3v) is 4.26. The lowest BCUT2D eigenvalue weighted by molar-refractivity contribution is 0.130. The van der Waals surface area contributed by atoms with Crippen LogP contribution in [0.1, 0.15) is 26.2 Å². The summed E-state index contributed by atoms with van der Waals surface area (Å²) >= 11 is 0. The van der Waals surface area contributed by atoms with Crippen LogP contribution in [0.25, 0.3) is 0 Å². The summed E-state index contributed by atoms with van der Waals surface area (Å²) in [5.41, 5.74) is 2.80. The first kappa shape index (κ1) is 18.9. The van der Waals surface area contributed by atoms with E-state index in [-0.39, 0.29) is 5.41 Å². The molecule has 1 aliphatic heterocycles. The predicted molar refractivity (Wildman–Crippen MR) is 99.3 cm³/mol. The molecule has 1 aliphatic rings. The second-order valence-corrected chi connectivity index (χ2v) is 6.42. The minimum Gasteiger partial charge on any atom is -0.299 e. The largest absolute Gasteiger partial charge is 0.299 e. The number of aliphatic imine (C=N–C) groups is 1. The standard InChI is InChI=1S/C20H27N3/c1-6-22-15-19(4)18(3)8-7-17(2)16-23-13-10-20(5,9-12-21)11-14-23/h6-8,15H,1-4,9-11,13-14,16H2,5H3/b8-7-,22-15?. The molecule has 0 bridgehead atoms. The van der Waals surface area contributed by atoms with E-state index in [1.54, 1.807) is 6.21 Å². The Morgan fingerprint density at radius 3 is 2.43 bits per heavy atom. The molecule has 0 amide bonds. The maximum absolute atomic E-state index is 8.90. The molecule has 122 valence electrons. The maximum atomic E-state index is 8.90. The number of hydrogen-bond acceptors (Lipinski definition) is 3. The normalized spacial score (nSPS) is 17.9. The van der Waals surface area contributed by atoms with E-state index in [0.29, 0.717) is 6.42 Å². The van der Waals surface area contributed by atoms with E-state index in [2.05, 4.69) is 49.2 Å². The molecule has 0 unspecified atom stereocenters. The van der Waals surface area contributed by atoms with Crippen molar-refractivity contribution >= 4 is 6.21 Å². The van der Waals surface area contributed by atoms with Crippen LogP contribution < -0.4 is 0 Å². The van der Waals surface area contributed by atoms with Crippen LogP contribution in [0.4, 0.5) is 0 Å². The first-order valence-electron chi connectivity index (χ1n) is 7.87. The van der Waals surface area contributed by atoms with Gasteiger partial charge in [0.25, 0.3) is 0 Å². The highest BCUT2D eigenvalue weighted by Gasteiger charge is 2.29. The molecule has 1 fully saturated rings. The second kappa shape index (κ2) is 9.07. The van der Waals surface area contributed by atoms with Crippen molar-refractivity contribution in [3.63, 3.8) is 0 Å². The molecular formula is C20H27N3. The maximum Gasteiger partial charge on any atom is 0.0627 e. The van der Waals surface area contributed by atoms with Gasteiger partial charge in [-0.1, -0.05) is 45.4 Å². The zero-order valence-electron chi connectivity index (χ0n) is 14.2. The molecule has 0 saturated carbocycles. The second-order valence-electron chi connectivity index (χ2n) is 6.42. The summed E-state index contributed by atoms with van der Waals surface area (Å²) in [5.74, 6) is 0. The van der Waals surface area contributed by atoms with Crippen LogP contribution in [-0.4, -0.2) is 30.7 Å². The van der Waals surface area contributed by atoms with E-state index in [1.165, 1.54) is 6.20 Å². The zero-order valence-corrected chi connectivity index (χ0v) is 14.2. The average molecular weight is 309 g/mol. The van der Waals surface area contributed by atoms with Gasteiger partial charge in [-0.05, 0) is 48.1 Å². The van der Waals surface area contributed by atoms with Gasteiger partial charge in [-0.2, -0.15) is 5.26 Å². The predicted octanol–water partition coefficient (Wildman–Crippen LogP) is 4.44. The van der Waals surface area contributed by atoms with Crippen LogP contribution in [-0.2, 0) is 0 Å². The van der Waals surface area contributed by atoms with E-state index in [0.717, 1.165) is 49.2 Å². The fraction of sp³-hybridized carbons (Fsp3) is 0.400. The van der Waals surface area contributed by atoms with Crippen LogP contribution >= 0.6 is 0 Å². The Labute approximate surface area is 140 Å². The van der Waals surface area contributed by atoms with Gasteiger partial charge < -0.3 is 0 Å². The molecule has 0 radical (unpaired) electrons. The molecule has 1 saturated heterocycles. The van der Waals surface area contributed by atoms with Crippen LogP contribution in [0.15, 0.2) is 66.4 Å². The fourth-order valence-electron chi connectivity index (χ4n) is 2.51. The van der Waals surface area contributed by atoms with E-state index < -0.39 is 0 Å². The number of likely N-dealkylation sites (tertiary alicyclic amines) is 1. The van der Waals surface area contributed by atoms with E-state index in [9.17, 15) is 0 Å². The molecule has 23 heavy (non-hydrogen) atoms. The summed E-state index contributed by atoms with van der Waals surface area (Å²) in [6.45, 7) is 20.6. The Kier molecular flexibility index (Phi) is 7.44. The molecule has 0 atom stereocenters. The number of hydrogen-bond donors (Lipinski definition) is 0. The van der Waals surface area contributed by atoms with Crippen molar-refractivity contribution < 1.29 is 0 Å². The Hall–Kier alpha value is -2.18. The summed E-state index contributed by atoms with van der Waals surface area (Å²) in [7, 11) is 0. The molecule has 0 spiro atoms. The van der Waals surface area contributed by atoms with E-state index in [4.69, 9.17) is 5.26 Å². The minimum atomic E-state index is 0.180. The monoisotopic (exact) mass is 309 g/mol. The quantitative estimate of drug-likeness (QED) is 0.491. The minimum absolute atomic E-state index is 0.180. The highest BCUT2D eigenvalue weighted by Crippen LogP contribution is 2.34. The molecule has 1 heterocycles. The van der Waals surface area contributed by atoms with Gasteiger partial charge in [-0.25, -0.2) is 0 Å². The van der Waals surface area contributed by atoms with Crippen LogP contribution in [0.3, 0.4) is 0 Å². The zero-order chi connectivity index (χ0) is 17.3. The molecule has 0 aliphatic carbocycles. The first-order chi connectivity index (χ1) is 10.9. The lowest BCUT2D eigenvalue weighted by atomic mass is 9.78. The lowest BCUT2D eigenvalue weighted by Crippen LogP contribution is -2.39. The Morgan fingerprint density at radius 2 is 1.87 bits per heavy atom. The molecular weight excluding hydrogens is 282 g/mol. The third-order valence-electron chi connectivity index (χ3n) is 4.26. The van der Waals surface area contributed by atoms with Crippen LogP contribution in [0, 0.1) is 16.7 Å². The Bertz CT molecular complexity index is 564. The Balaban J connectivity index is 2.43. The highest BCUT2D eigenvalue weighted by molar-refractivity contribution is 5.85. The van der Waals surface area contributed by atoms with Crippen molar-refractivity contribution in [1.29, 1.82) is 5.26 Å². The van der Waals surface area contributed by atoms with Gasteiger partial charge in [0.15, 0.2) is 0 Å².